The molecule has 0 radical (unpaired) electrons. The van der Waals surface area contributed by atoms with Gasteiger partial charge in [-0.15, -0.1) is 0 Å². The highest BCUT2D eigenvalue weighted by molar-refractivity contribution is 9.10. The second-order valence-electron chi connectivity index (χ2n) is 10.3. The van der Waals surface area contributed by atoms with Gasteiger partial charge in [0.25, 0.3) is 0 Å². The van der Waals surface area contributed by atoms with Crippen molar-refractivity contribution >= 4 is 45.1 Å². The number of nitrogens with two attached hydrogens (primary N) is 1. The molecule has 1 aliphatic carbocycles. The lowest BCUT2D eigenvalue weighted by Gasteiger charge is -2.16. The lowest BCUT2D eigenvalue weighted by atomic mass is 9.96. The van der Waals surface area contributed by atoms with Crippen molar-refractivity contribution in [2.24, 2.45) is 5.73 Å². The molecule has 0 aliphatic heterocycles. The largest absolute Gasteiger partial charge is 0.481 e. The number of pyridine rings is 1. The number of nitrogens with one attached hydrogen (secondary N) is 1. The molecule has 0 saturated carbocycles. The Morgan fingerprint density at radius 2 is 1.71 bits per heavy atom. The van der Waals surface area contributed by atoms with Crippen molar-refractivity contribution in [1.29, 1.82) is 0 Å². The zero-order chi connectivity index (χ0) is 30.0. The number of aliphatic carboxylic acids is 1. The summed E-state index contributed by atoms with van der Waals surface area (Å²) in [5.41, 5.74) is 13.8. The Kier molecular flexibility index (Phi) is 9.40. The second-order valence-corrected chi connectivity index (χ2v) is 11.9. The fraction of sp³-hybridized carbons (Fsp3) is 0.250. The lowest BCUT2D eigenvalue weighted by molar-refractivity contribution is -0.139. The van der Waals surface area contributed by atoms with Crippen molar-refractivity contribution in [3.05, 3.63) is 97.4 Å². The number of carboxylic acid groups (broad SMARTS) is 1. The summed E-state index contributed by atoms with van der Waals surface area (Å²) < 4.78 is 12.1. The number of nitrogens with zero attached hydrogens (tertiary/aromatic N) is 1. The van der Waals surface area contributed by atoms with Gasteiger partial charge < -0.3 is 25.6 Å². The number of ether oxygens (including phenoxy) is 2. The van der Waals surface area contributed by atoms with Gasteiger partial charge in [0.1, 0.15) is 12.6 Å². The van der Waals surface area contributed by atoms with Crippen LogP contribution in [-0.2, 0) is 30.8 Å². The number of rotatable bonds is 10. The van der Waals surface area contributed by atoms with Gasteiger partial charge in [-0.25, -0.2) is 0 Å². The van der Waals surface area contributed by atoms with E-state index in [9.17, 15) is 4.79 Å². The predicted octanol–water partition coefficient (Wildman–Crippen LogP) is 7.06. The van der Waals surface area contributed by atoms with E-state index >= 15 is 0 Å². The van der Waals surface area contributed by atoms with Gasteiger partial charge in [0, 0.05) is 40.4 Å². The van der Waals surface area contributed by atoms with Crippen molar-refractivity contribution in [3.63, 3.8) is 0 Å². The van der Waals surface area contributed by atoms with Gasteiger partial charge in [0.15, 0.2) is 0 Å². The molecule has 3 aromatic carbocycles. The van der Waals surface area contributed by atoms with Crippen LogP contribution in [0.1, 0.15) is 29.2 Å². The zero-order valence-corrected chi connectivity index (χ0v) is 26.2. The molecule has 218 valence electrons. The molecule has 1 heterocycles. The first-order valence-corrected chi connectivity index (χ1v) is 15.0. The quantitative estimate of drug-likeness (QED) is 0.166. The SMILES string of the molecule is COc1nc(OCc2cccc(-c3cccc(-c4ccc5c(c4)C[C@@H](N)C5)c3Cl)c2Cl)c(Br)cc1CNC(C)C(=O)O. The molecule has 0 spiro atoms. The van der Waals surface area contributed by atoms with Gasteiger partial charge in [-0.05, 0) is 58.5 Å². The summed E-state index contributed by atoms with van der Waals surface area (Å²) in [5, 5.41) is 13.2. The Hall–Kier alpha value is -3.14. The summed E-state index contributed by atoms with van der Waals surface area (Å²) in [6.45, 7) is 1.98. The molecule has 2 atom stereocenters. The minimum atomic E-state index is -0.943. The van der Waals surface area contributed by atoms with Crippen LogP contribution in [0.25, 0.3) is 22.3 Å². The van der Waals surface area contributed by atoms with E-state index in [-0.39, 0.29) is 19.2 Å². The van der Waals surface area contributed by atoms with E-state index in [0.29, 0.717) is 31.8 Å². The summed E-state index contributed by atoms with van der Waals surface area (Å²) in [6, 6.07) is 19.4. The van der Waals surface area contributed by atoms with Gasteiger partial charge in [0.2, 0.25) is 11.8 Å². The summed E-state index contributed by atoms with van der Waals surface area (Å²) >= 11 is 17.4. The zero-order valence-electron chi connectivity index (χ0n) is 23.1. The van der Waals surface area contributed by atoms with Crippen molar-refractivity contribution in [1.82, 2.24) is 10.3 Å². The highest BCUT2D eigenvalue weighted by atomic mass is 79.9. The maximum absolute atomic E-state index is 11.1. The van der Waals surface area contributed by atoms with Gasteiger partial charge in [-0.1, -0.05) is 77.8 Å². The number of carbonyl (C=O) groups is 1. The summed E-state index contributed by atoms with van der Waals surface area (Å²) in [6.07, 6.45) is 1.77. The molecule has 10 heteroatoms. The van der Waals surface area contributed by atoms with Crippen molar-refractivity contribution in [2.45, 2.75) is 45.0 Å². The third-order valence-corrected chi connectivity index (χ3v) is 8.78. The Labute approximate surface area is 263 Å². The lowest BCUT2D eigenvalue weighted by Crippen LogP contribution is -2.33. The first-order valence-electron chi connectivity index (χ1n) is 13.4. The number of hydrogen-bond acceptors (Lipinski definition) is 6. The van der Waals surface area contributed by atoms with E-state index in [2.05, 4.69) is 44.4 Å². The number of methoxy groups -OCH3 is 1. The van der Waals surface area contributed by atoms with E-state index in [1.54, 1.807) is 13.0 Å². The second kappa shape index (κ2) is 13.0. The summed E-state index contributed by atoms with van der Waals surface area (Å²) in [4.78, 5) is 15.6. The predicted molar refractivity (Wildman–Crippen MR) is 169 cm³/mol. The van der Waals surface area contributed by atoms with Crippen LogP contribution < -0.4 is 20.5 Å². The number of aromatic nitrogens is 1. The Morgan fingerprint density at radius 1 is 1.02 bits per heavy atom. The molecule has 5 rings (SSSR count). The molecular formula is C32H30BrCl2N3O4. The summed E-state index contributed by atoms with van der Waals surface area (Å²) in [7, 11) is 1.50. The van der Waals surface area contributed by atoms with E-state index in [0.717, 1.165) is 40.7 Å². The number of fused-ring (bicyclic) bond motifs is 1. The first kappa shape index (κ1) is 30.3. The van der Waals surface area contributed by atoms with Gasteiger partial charge >= 0.3 is 5.97 Å². The smallest absolute Gasteiger partial charge is 0.320 e. The van der Waals surface area contributed by atoms with Gasteiger partial charge in [-0.3, -0.25) is 4.79 Å². The normalized spacial score (nSPS) is 14.9. The van der Waals surface area contributed by atoms with Crippen LogP contribution in [0.15, 0.2) is 65.1 Å². The molecule has 0 saturated heterocycles. The average Bonchev–Trinajstić information content (AvgIpc) is 3.35. The number of halogens is 3. The van der Waals surface area contributed by atoms with E-state index < -0.39 is 12.0 Å². The summed E-state index contributed by atoms with van der Waals surface area (Å²) in [5.74, 6) is -0.295. The highest BCUT2D eigenvalue weighted by Crippen LogP contribution is 2.41. The molecule has 1 unspecified atom stereocenters. The monoisotopic (exact) mass is 669 g/mol. The van der Waals surface area contributed by atoms with Crippen LogP contribution in [0.4, 0.5) is 0 Å². The maximum Gasteiger partial charge on any atom is 0.320 e. The molecule has 0 amide bonds. The van der Waals surface area contributed by atoms with Crippen LogP contribution in [0.5, 0.6) is 11.8 Å². The van der Waals surface area contributed by atoms with Crippen LogP contribution in [-0.4, -0.2) is 35.3 Å². The average molecular weight is 671 g/mol. The topological polar surface area (TPSA) is 107 Å². The Morgan fingerprint density at radius 3 is 2.45 bits per heavy atom. The fourth-order valence-electron chi connectivity index (χ4n) is 5.08. The minimum Gasteiger partial charge on any atom is -0.481 e. The van der Waals surface area contributed by atoms with Crippen LogP contribution >= 0.6 is 39.1 Å². The molecule has 0 fully saturated rings. The number of benzene rings is 3. The molecule has 4 aromatic rings. The van der Waals surface area contributed by atoms with Gasteiger partial charge in [0.05, 0.1) is 21.6 Å². The number of hydrogen-bond donors (Lipinski definition) is 3. The Balaban J connectivity index is 1.37. The minimum absolute atomic E-state index is 0.150. The third-order valence-electron chi connectivity index (χ3n) is 7.36. The maximum atomic E-state index is 11.1. The molecule has 1 aromatic heterocycles. The van der Waals surface area contributed by atoms with Crippen LogP contribution in [0, 0.1) is 0 Å². The van der Waals surface area contributed by atoms with Crippen LogP contribution in [0.3, 0.4) is 0 Å². The number of carboxylic acids is 1. The third kappa shape index (κ3) is 6.43. The molecule has 0 bridgehead atoms. The molecule has 4 N–H and O–H groups in total. The van der Waals surface area contributed by atoms with E-state index in [1.807, 2.05) is 36.4 Å². The Bertz CT molecular complexity index is 1650. The standard InChI is InChI=1S/C32H30BrCl2N3O4/c1-17(32(39)40)37-15-22-14-27(33)31(38-30(22)41-2)42-16-20-5-3-7-25(28(20)34)26-8-4-6-24(29(26)35)19-10-9-18-12-23(36)13-21(18)11-19/h3-11,14,17,23,37H,12-13,15-16,36H2,1-2H3,(H,39,40)/t17?,23-/m0/s1. The molecule has 7 nitrogen and oxygen atoms in total. The molecule has 42 heavy (non-hydrogen) atoms. The molecule has 1 aliphatic rings. The van der Waals surface area contributed by atoms with E-state index in [4.69, 9.17) is 43.5 Å². The first-order chi connectivity index (χ1) is 20.2. The molecular weight excluding hydrogens is 641 g/mol. The van der Waals surface area contributed by atoms with Crippen molar-refractivity contribution in [3.8, 4) is 34.0 Å². The highest BCUT2D eigenvalue weighted by Gasteiger charge is 2.21. The van der Waals surface area contributed by atoms with Crippen molar-refractivity contribution < 1.29 is 19.4 Å². The van der Waals surface area contributed by atoms with E-state index in [1.165, 1.54) is 18.2 Å². The fourth-order valence-corrected chi connectivity index (χ4v) is 6.18. The van der Waals surface area contributed by atoms with Gasteiger partial charge in [-0.2, -0.15) is 4.98 Å². The van der Waals surface area contributed by atoms with Crippen molar-refractivity contribution in [2.75, 3.05) is 7.11 Å². The van der Waals surface area contributed by atoms with Crippen LogP contribution in [0.2, 0.25) is 10.0 Å².